The molecular weight excluding hydrogens is 352 g/mol. The second-order valence-electron chi connectivity index (χ2n) is 6.17. The predicted octanol–water partition coefficient (Wildman–Crippen LogP) is 5.37. The molecule has 0 saturated carbocycles. The summed E-state index contributed by atoms with van der Waals surface area (Å²) in [6.07, 6.45) is 2.93. The van der Waals surface area contributed by atoms with Crippen LogP contribution in [0.1, 0.15) is 21.5 Å². The number of aryl methyl sites for hydroxylation is 1. The molecule has 0 radical (unpaired) electrons. The van der Waals surface area contributed by atoms with Crippen LogP contribution in [0.25, 0.3) is 6.08 Å². The van der Waals surface area contributed by atoms with E-state index in [4.69, 9.17) is 0 Å². The first-order chi connectivity index (χ1) is 13.5. The van der Waals surface area contributed by atoms with E-state index in [0.29, 0.717) is 5.69 Å². The van der Waals surface area contributed by atoms with Crippen molar-refractivity contribution in [2.24, 2.45) is 10.2 Å². The van der Waals surface area contributed by atoms with E-state index < -0.39 is 17.0 Å². The summed E-state index contributed by atoms with van der Waals surface area (Å²) in [6.45, 7) is 1.97. The van der Waals surface area contributed by atoms with Gasteiger partial charge in [-0.15, -0.1) is 0 Å². The van der Waals surface area contributed by atoms with Gasteiger partial charge in [0.2, 0.25) is 5.43 Å². The average molecular weight is 370 g/mol. The maximum atomic E-state index is 12.5. The number of ketones is 1. The molecule has 1 N–H and O–H groups in total. The Balaban J connectivity index is 1.93. The van der Waals surface area contributed by atoms with Crippen LogP contribution in [0.5, 0.6) is 5.75 Å². The lowest BCUT2D eigenvalue weighted by molar-refractivity contribution is 0.104. The summed E-state index contributed by atoms with van der Waals surface area (Å²) >= 11 is 0. The third-order valence-electron chi connectivity index (χ3n) is 3.99. The van der Waals surface area contributed by atoms with E-state index in [9.17, 15) is 14.7 Å². The minimum atomic E-state index is -0.659. The van der Waals surface area contributed by atoms with Gasteiger partial charge >= 0.3 is 0 Å². The van der Waals surface area contributed by atoms with Gasteiger partial charge in [0.05, 0.1) is 16.9 Å². The van der Waals surface area contributed by atoms with E-state index >= 15 is 0 Å². The van der Waals surface area contributed by atoms with E-state index in [1.54, 1.807) is 6.08 Å². The van der Waals surface area contributed by atoms with Crippen molar-refractivity contribution in [3.8, 4) is 5.75 Å². The minimum absolute atomic E-state index is 0.125. The first kappa shape index (κ1) is 18.9. The van der Waals surface area contributed by atoms with Crippen LogP contribution < -0.4 is 5.43 Å². The van der Waals surface area contributed by atoms with Crippen LogP contribution in [0.15, 0.2) is 93.9 Å². The van der Waals surface area contributed by atoms with Crippen molar-refractivity contribution < 1.29 is 9.90 Å². The van der Waals surface area contributed by atoms with Crippen molar-refractivity contribution in [2.45, 2.75) is 6.92 Å². The average Bonchev–Trinajstić information content (AvgIpc) is 2.86. The van der Waals surface area contributed by atoms with Crippen LogP contribution >= 0.6 is 0 Å². The lowest BCUT2D eigenvalue weighted by atomic mass is 10.1. The zero-order valence-corrected chi connectivity index (χ0v) is 15.2. The topological polar surface area (TPSA) is 79.1 Å². The fraction of sp³-hybridized carbons (Fsp3) is 0.0435. The SMILES string of the molecule is Cc1ccc(N=Nc2ccc(=O)c(O)c(C(=O)/C=C/c3ccccc3)c2)cc1. The summed E-state index contributed by atoms with van der Waals surface area (Å²) in [4.78, 5) is 24.5. The number of hydrogen-bond donors (Lipinski definition) is 1. The Morgan fingerprint density at radius 2 is 1.54 bits per heavy atom. The molecule has 28 heavy (non-hydrogen) atoms. The molecule has 0 bridgehead atoms. The molecule has 0 aliphatic heterocycles. The molecule has 5 heteroatoms. The van der Waals surface area contributed by atoms with Crippen molar-refractivity contribution in [3.63, 3.8) is 0 Å². The maximum Gasteiger partial charge on any atom is 0.220 e. The highest BCUT2D eigenvalue weighted by Crippen LogP contribution is 2.22. The van der Waals surface area contributed by atoms with Crippen LogP contribution in [0, 0.1) is 6.92 Å². The van der Waals surface area contributed by atoms with Gasteiger partial charge in [-0.25, -0.2) is 0 Å². The molecule has 0 spiro atoms. The maximum absolute atomic E-state index is 12.5. The smallest absolute Gasteiger partial charge is 0.220 e. The van der Waals surface area contributed by atoms with Gasteiger partial charge in [-0.2, -0.15) is 10.2 Å². The number of aromatic hydroxyl groups is 1. The summed E-state index contributed by atoms with van der Waals surface area (Å²) in [5, 5.41) is 18.3. The Labute approximate surface area is 162 Å². The normalized spacial score (nSPS) is 11.2. The second-order valence-corrected chi connectivity index (χ2v) is 6.17. The Kier molecular flexibility index (Phi) is 5.87. The molecule has 0 atom stereocenters. The molecule has 0 fully saturated rings. The van der Waals surface area contributed by atoms with Crippen LogP contribution in [0.4, 0.5) is 11.4 Å². The Hall–Kier alpha value is -3.86. The van der Waals surface area contributed by atoms with Crippen LogP contribution in [0.3, 0.4) is 0 Å². The first-order valence-corrected chi connectivity index (χ1v) is 8.66. The first-order valence-electron chi connectivity index (χ1n) is 8.66. The van der Waals surface area contributed by atoms with Gasteiger partial charge in [0, 0.05) is 0 Å². The summed E-state index contributed by atoms with van der Waals surface area (Å²) in [6, 6.07) is 20.6. The van der Waals surface area contributed by atoms with E-state index in [0.717, 1.165) is 17.2 Å². The molecule has 3 aromatic rings. The summed E-state index contributed by atoms with van der Waals surface area (Å²) < 4.78 is 0. The zero-order valence-electron chi connectivity index (χ0n) is 15.2. The standard InChI is InChI=1S/C23H18N2O3/c1-16-7-10-18(11-8-16)24-25-19-12-14-22(27)23(28)20(15-19)21(26)13-9-17-5-3-2-4-6-17/h2-15H,1H3,(H,27,28)/b13-9+,25-24?. The molecule has 3 rings (SSSR count). The molecule has 3 aromatic carbocycles. The molecule has 0 unspecified atom stereocenters. The van der Waals surface area contributed by atoms with Crippen molar-refractivity contribution in [2.75, 3.05) is 0 Å². The summed E-state index contributed by atoms with van der Waals surface area (Å²) in [7, 11) is 0. The Morgan fingerprint density at radius 3 is 2.25 bits per heavy atom. The minimum Gasteiger partial charge on any atom is -0.504 e. The molecular formula is C23H18N2O3. The van der Waals surface area contributed by atoms with Gasteiger partial charge in [-0.05, 0) is 48.9 Å². The van der Waals surface area contributed by atoms with Gasteiger partial charge in [-0.1, -0.05) is 54.1 Å². The zero-order chi connectivity index (χ0) is 19.9. The van der Waals surface area contributed by atoms with Gasteiger partial charge < -0.3 is 5.11 Å². The third kappa shape index (κ3) is 4.86. The van der Waals surface area contributed by atoms with E-state index in [-0.39, 0.29) is 11.3 Å². The highest BCUT2D eigenvalue weighted by Gasteiger charge is 2.11. The van der Waals surface area contributed by atoms with Crippen molar-refractivity contribution >= 4 is 23.2 Å². The van der Waals surface area contributed by atoms with Crippen LogP contribution in [-0.4, -0.2) is 10.9 Å². The lowest BCUT2D eigenvalue weighted by Crippen LogP contribution is -2.01. The molecule has 138 valence electrons. The molecule has 0 heterocycles. The molecule has 0 aromatic heterocycles. The fourth-order valence-corrected chi connectivity index (χ4v) is 2.44. The predicted molar refractivity (Wildman–Crippen MR) is 110 cm³/mol. The van der Waals surface area contributed by atoms with Gasteiger partial charge in [0.15, 0.2) is 11.5 Å². The molecule has 5 nitrogen and oxygen atoms in total. The van der Waals surface area contributed by atoms with E-state index in [1.165, 1.54) is 18.2 Å². The fourth-order valence-electron chi connectivity index (χ4n) is 2.44. The molecule has 0 aliphatic carbocycles. The molecule has 0 aliphatic rings. The van der Waals surface area contributed by atoms with Gasteiger partial charge in [-0.3, -0.25) is 9.59 Å². The van der Waals surface area contributed by atoms with E-state index in [2.05, 4.69) is 10.2 Å². The van der Waals surface area contributed by atoms with Gasteiger partial charge in [0.1, 0.15) is 0 Å². The molecule has 0 saturated heterocycles. The number of benzene rings is 2. The number of carbonyl (C=O) groups is 1. The van der Waals surface area contributed by atoms with Crippen LogP contribution in [0.2, 0.25) is 0 Å². The lowest BCUT2D eigenvalue weighted by Gasteiger charge is -1.97. The highest BCUT2D eigenvalue weighted by molar-refractivity contribution is 6.08. The monoisotopic (exact) mass is 370 g/mol. The quantitative estimate of drug-likeness (QED) is 0.372. The Bertz CT molecular complexity index is 1100. The number of hydrogen-bond acceptors (Lipinski definition) is 5. The third-order valence-corrected chi connectivity index (χ3v) is 3.99. The van der Waals surface area contributed by atoms with Crippen LogP contribution in [-0.2, 0) is 0 Å². The number of nitrogens with zero attached hydrogens (tertiary/aromatic N) is 2. The van der Waals surface area contributed by atoms with Crippen molar-refractivity contribution in [1.82, 2.24) is 0 Å². The van der Waals surface area contributed by atoms with Crippen molar-refractivity contribution in [3.05, 3.63) is 106 Å². The number of rotatable bonds is 5. The summed E-state index contributed by atoms with van der Waals surface area (Å²) in [5.41, 5.74) is 2.07. The molecule has 0 amide bonds. The number of azo groups is 1. The summed E-state index contributed by atoms with van der Waals surface area (Å²) in [5.74, 6) is -1.11. The largest absolute Gasteiger partial charge is 0.504 e. The van der Waals surface area contributed by atoms with Crippen molar-refractivity contribution in [1.29, 1.82) is 0 Å². The highest BCUT2D eigenvalue weighted by atomic mass is 16.3. The van der Waals surface area contributed by atoms with E-state index in [1.807, 2.05) is 61.5 Å². The van der Waals surface area contributed by atoms with Gasteiger partial charge in [0.25, 0.3) is 0 Å². The second kappa shape index (κ2) is 8.68. The number of allylic oxidation sites excluding steroid dienone is 1. The Morgan fingerprint density at radius 1 is 0.893 bits per heavy atom. The number of carbonyl (C=O) groups excluding carboxylic acids is 1.